The van der Waals surface area contributed by atoms with Crippen LogP contribution < -0.4 is 8.43 Å². The predicted molar refractivity (Wildman–Crippen MR) is 167 cm³/mol. The SMILES string of the molecule is C=C(NC)c1c(-c2ccc(F)cc2)oc2cc(N(C)I(=O)=O)c(-c3cc(F)cc(-c4nc5cccc(C)c5o4)c3)cc12. The first kappa shape index (κ1) is 27.6. The van der Waals surface area contributed by atoms with Crippen molar-refractivity contribution in [3.63, 3.8) is 0 Å². The Morgan fingerprint density at radius 2 is 1.67 bits per heavy atom. The lowest BCUT2D eigenvalue weighted by Crippen LogP contribution is -2.05. The molecule has 0 spiro atoms. The van der Waals surface area contributed by atoms with Gasteiger partial charge in [0.05, 0.1) is 11.3 Å². The highest BCUT2D eigenvalue weighted by Crippen LogP contribution is 2.44. The number of para-hydroxylation sites is 1. The molecule has 0 saturated carbocycles. The summed E-state index contributed by atoms with van der Waals surface area (Å²) >= 11 is -4.02. The van der Waals surface area contributed by atoms with Gasteiger partial charge >= 0.3 is 20.1 Å². The maximum Gasteiger partial charge on any atom is 0.420 e. The second-order valence-electron chi connectivity index (χ2n) is 9.76. The maximum absolute atomic E-state index is 15.2. The Balaban J connectivity index is 1.62. The minimum absolute atomic E-state index is 0.239. The molecule has 0 aliphatic heterocycles. The molecule has 212 valence electrons. The Hall–Kier alpha value is -4.58. The standard InChI is InChI=1S/C32H24F2IN3O4/c1-17-6-5-7-26-30(17)42-32(37-26)21-12-20(13-23(34)14-21)24-15-25-28(16-27(24)38(4)35(39)40)41-31(29(25)18(2)36-3)19-8-10-22(33)11-9-19/h5-16,36H,2H2,1,3-4H3. The zero-order chi connectivity index (χ0) is 29.7. The molecule has 6 rings (SSSR count). The van der Waals surface area contributed by atoms with Crippen molar-refractivity contribution >= 4 is 53.5 Å². The lowest BCUT2D eigenvalue weighted by atomic mass is 9.96. The number of halogens is 3. The Labute approximate surface area is 247 Å². The fourth-order valence-corrected chi connectivity index (χ4v) is 5.82. The molecule has 0 radical (unpaired) electrons. The first-order valence-corrected chi connectivity index (χ1v) is 15.6. The summed E-state index contributed by atoms with van der Waals surface area (Å²) in [5, 5.41) is 3.65. The third-order valence-corrected chi connectivity index (χ3v) is 8.82. The number of nitrogens with one attached hydrogen (secondary N) is 1. The minimum atomic E-state index is -4.02. The van der Waals surface area contributed by atoms with E-state index in [1.165, 1.54) is 34.4 Å². The van der Waals surface area contributed by atoms with Crippen LogP contribution in [-0.2, 0) is 6.14 Å². The number of aromatic nitrogens is 1. The van der Waals surface area contributed by atoms with Gasteiger partial charge in [-0.3, -0.25) is 3.11 Å². The largest absolute Gasteiger partial charge is 0.455 e. The Morgan fingerprint density at radius 1 is 0.929 bits per heavy atom. The number of nitrogens with zero attached hydrogens (tertiary/aromatic N) is 2. The van der Waals surface area contributed by atoms with Gasteiger partial charge in [0, 0.05) is 47.9 Å². The number of oxazole rings is 1. The summed E-state index contributed by atoms with van der Waals surface area (Å²) in [5.74, 6) is -0.276. The molecule has 10 heteroatoms. The van der Waals surface area contributed by atoms with Crippen molar-refractivity contribution in [2.75, 3.05) is 17.2 Å². The van der Waals surface area contributed by atoms with E-state index in [-0.39, 0.29) is 5.89 Å². The molecule has 0 amide bonds. The summed E-state index contributed by atoms with van der Waals surface area (Å²) in [4.78, 5) is 4.55. The van der Waals surface area contributed by atoms with Gasteiger partial charge in [-0.15, -0.1) is 0 Å². The van der Waals surface area contributed by atoms with E-state index in [2.05, 4.69) is 16.9 Å². The van der Waals surface area contributed by atoms with Crippen LogP contribution in [0.1, 0.15) is 11.1 Å². The van der Waals surface area contributed by atoms with Gasteiger partial charge in [-0.1, -0.05) is 18.7 Å². The number of benzene rings is 4. The van der Waals surface area contributed by atoms with E-state index in [0.717, 1.165) is 5.56 Å². The molecular weight excluding hydrogens is 655 g/mol. The zero-order valence-electron chi connectivity index (χ0n) is 22.8. The Bertz CT molecular complexity index is 2090. The van der Waals surface area contributed by atoms with Crippen molar-refractivity contribution in [1.29, 1.82) is 0 Å². The minimum Gasteiger partial charge on any atom is -0.455 e. The predicted octanol–water partition coefficient (Wildman–Crippen LogP) is 8.90. The van der Waals surface area contributed by atoms with Crippen molar-refractivity contribution in [3.05, 3.63) is 102 Å². The molecule has 6 aromatic rings. The van der Waals surface area contributed by atoms with Gasteiger partial charge in [0.1, 0.15) is 28.5 Å². The van der Waals surface area contributed by atoms with E-state index in [0.29, 0.717) is 67.0 Å². The monoisotopic (exact) mass is 679 g/mol. The van der Waals surface area contributed by atoms with Gasteiger partial charge in [-0.25, -0.2) is 19.9 Å². The third-order valence-electron chi connectivity index (χ3n) is 7.12. The number of furan rings is 1. The molecule has 0 saturated heterocycles. The molecule has 0 bridgehead atoms. The smallest absolute Gasteiger partial charge is 0.420 e. The van der Waals surface area contributed by atoms with Crippen LogP contribution in [0.3, 0.4) is 0 Å². The molecule has 2 heterocycles. The molecule has 0 aliphatic rings. The molecule has 0 atom stereocenters. The van der Waals surface area contributed by atoms with Crippen LogP contribution in [0.5, 0.6) is 0 Å². The molecular formula is C32H24F2IN3O4. The van der Waals surface area contributed by atoms with Crippen molar-refractivity contribution in [2.24, 2.45) is 0 Å². The van der Waals surface area contributed by atoms with E-state index in [1.807, 2.05) is 25.1 Å². The van der Waals surface area contributed by atoms with E-state index < -0.39 is 31.7 Å². The second kappa shape index (κ2) is 10.7. The van der Waals surface area contributed by atoms with Gasteiger partial charge in [-0.05, 0) is 72.6 Å². The number of fused-ring (bicyclic) bond motifs is 2. The summed E-state index contributed by atoms with van der Waals surface area (Å²) in [6.45, 7) is 6.03. The Kier molecular flexibility index (Phi) is 7.01. The average molecular weight is 679 g/mol. The number of hydrogen-bond acceptors (Lipinski definition) is 6. The topological polar surface area (TPSA) is 88.6 Å². The van der Waals surface area contributed by atoms with Crippen LogP contribution in [0, 0.1) is 18.6 Å². The molecule has 0 unspecified atom stereocenters. The van der Waals surface area contributed by atoms with Crippen molar-refractivity contribution < 1.29 is 23.8 Å². The van der Waals surface area contributed by atoms with Crippen molar-refractivity contribution in [3.8, 4) is 33.9 Å². The van der Waals surface area contributed by atoms with E-state index >= 15 is 4.39 Å². The van der Waals surface area contributed by atoms with Gasteiger partial charge in [-0.2, -0.15) is 0 Å². The van der Waals surface area contributed by atoms with Gasteiger partial charge in [0.2, 0.25) is 5.89 Å². The van der Waals surface area contributed by atoms with Gasteiger partial charge in [0.25, 0.3) is 0 Å². The quantitative estimate of drug-likeness (QED) is 0.133. The van der Waals surface area contributed by atoms with Gasteiger partial charge < -0.3 is 14.2 Å². The zero-order valence-corrected chi connectivity index (χ0v) is 25.0. The summed E-state index contributed by atoms with van der Waals surface area (Å²) in [6.07, 6.45) is 0. The van der Waals surface area contributed by atoms with Gasteiger partial charge in [0.15, 0.2) is 5.58 Å². The fraction of sp³-hybridized carbons (Fsp3) is 0.0938. The number of aryl methyl sites for hydroxylation is 1. The van der Waals surface area contributed by atoms with Crippen LogP contribution in [0.15, 0.2) is 88.2 Å². The van der Waals surface area contributed by atoms with Crippen LogP contribution in [0.2, 0.25) is 0 Å². The van der Waals surface area contributed by atoms with Crippen LogP contribution in [0.25, 0.3) is 61.7 Å². The van der Waals surface area contributed by atoms with Crippen molar-refractivity contribution in [2.45, 2.75) is 6.92 Å². The van der Waals surface area contributed by atoms with E-state index in [4.69, 9.17) is 8.83 Å². The highest BCUT2D eigenvalue weighted by molar-refractivity contribution is 14.2. The summed E-state index contributed by atoms with van der Waals surface area (Å²) in [5.41, 5.74) is 5.85. The normalized spacial score (nSPS) is 11.5. The van der Waals surface area contributed by atoms with Crippen LogP contribution in [0.4, 0.5) is 14.5 Å². The molecule has 7 nitrogen and oxygen atoms in total. The third kappa shape index (κ3) is 4.81. The second-order valence-corrected chi connectivity index (χ2v) is 12.4. The Morgan fingerprint density at radius 3 is 2.36 bits per heavy atom. The van der Waals surface area contributed by atoms with E-state index in [1.54, 1.807) is 37.4 Å². The lowest BCUT2D eigenvalue weighted by Gasteiger charge is -2.16. The molecule has 0 aliphatic carbocycles. The number of anilines is 1. The summed E-state index contributed by atoms with van der Waals surface area (Å²) in [7, 11) is 3.15. The first-order valence-electron chi connectivity index (χ1n) is 12.8. The van der Waals surface area contributed by atoms with Crippen LogP contribution >= 0.6 is 20.1 Å². The highest BCUT2D eigenvalue weighted by atomic mass is 127. The molecule has 4 aromatic carbocycles. The van der Waals surface area contributed by atoms with E-state index in [9.17, 15) is 10.5 Å². The van der Waals surface area contributed by atoms with Crippen molar-refractivity contribution in [1.82, 2.24) is 10.3 Å². The lowest BCUT2D eigenvalue weighted by molar-refractivity contribution is 0.609. The highest BCUT2D eigenvalue weighted by Gasteiger charge is 2.24. The summed E-state index contributed by atoms with van der Waals surface area (Å²) in [6, 6.07) is 19.2. The summed E-state index contributed by atoms with van der Waals surface area (Å²) < 4.78 is 66.8. The fourth-order valence-electron chi connectivity index (χ4n) is 5.00. The average Bonchev–Trinajstić information content (AvgIpc) is 3.58. The van der Waals surface area contributed by atoms with Crippen LogP contribution in [-0.4, -0.2) is 19.1 Å². The molecule has 2 aromatic heterocycles. The number of rotatable bonds is 7. The molecule has 1 N–H and O–H groups in total. The molecule has 42 heavy (non-hydrogen) atoms. The maximum atomic E-state index is 15.2. The number of hydrogen-bond donors (Lipinski definition) is 1. The molecule has 0 fully saturated rings. The first-order chi connectivity index (χ1) is 20.1.